The number of benzene rings is 4. The Kier molecular flexibility index (Phi) is 13.0. The summed E-state index contributed by atoms with van der Waals surface area (Å²) in [7, 11) is 0. The summed E-state index contributed by atoms with van der Waals surface area (Å²) >= 11 is 0. The molecule has 4 aromatic carbocycles. The second-order valence-corrected chi connectivity index (χ2v) is 17.2. The highest BCUT2D eigenvalue weighted by Crippen LogP contribution is 2.42. The van der Waals surface area contributed by atoms with E-state index in [-0.39, 0.29) is 18.4 Å². The topological polar surface area (TPSA) is 195 Å². The van der Waals surface area contributed by atoms with E-state index >= 15 is 0 Å². The Hall–Kier alpha value is -7.25. The van der Waals surface area contributed by atoms with Gasteiger partial charge in [0.2, 0.25) is 0 Å². The molecule has 0 aliphatic heterocycles. The number of fused-ring (bicyclic) bond motifs is 2. The summed E-state index contributed by atoms with van der Waals surface area (Å²) in [5.41, 5.74) is 24.3. The van der Waals surface area contributed by atoms with E-state index in [1.807, 2.05) is 97.1 Å². The van der Waals surface area contributed by atoms with Crippen molar-refractivity contribution in [1.82, 2.24) is 29.1 Å². The molecular weight excluding hydrogens is 815 g/mol. The zero-order valence-electron chi connectivity index (χ0n) is 36.4. The van der Waals surface area contributed by atoms with Crippen molar-refractivity contribution in [3.8, 4) is 45.3 Å². The normalized spacial score (nSPS) is 18.5. The van der Waals surface area contributed by atoms with Crippen molar-refractivity contribution in [3.63, 3.8) is 0 Å². The van der Waals surface area contributed by atoms with Crippen LogP contribution in [-0.4, -0.2) is 46.7 Å². The van der Waals surface area contributed by atoms with Gasteiger partial charge < -0.3 is 40.9 Å². The molecule has 0 bridgehead atoms. The molecule has 10 rings (SSSR count). The molecule has 4 heterocycles. The number of nitrogens with zero attached hydrogens (tertiary/aromatic N) is 6. The van der Waals surface area contributed by atoms with Gasteiger partial charge in [0.05, 0.1) is 10.8 Å². The Morgan fingerprint density at radius 3 is 1.35 bits per heavy atom. The molecule has 2 saturated carbocycles. The highest BCUT2D eigenvalue weighted by atomic mass is 16.5. The number of hydrogen-bond donors (Lipinski definition) is 4. The number of ether oxygens (including phenoxy) is 2. The maximum Gasteiger partial charge on any atom is 0.303 e. The molecule has 0 unspecified atom stereocenters. The largest absolute Gasteiger partial charge is 0.481 e. The van der Waals surface area contributed by atoms with Gasteiger partial charge in [-0.3, -0.25) is 4.79 Å². The van der Waals surface area contributed by atoms with Crippen molar-refractivity contribution in [2.45, 2.75) is 76.3 Å². The third-order valence-electron chi connectivity index (χ3n) is 13.0. The van der Waals surface area contributed by atoms with E-state index in [0.29, 0.717) is 17.7 Å². The Morgan fingerprint density at radius 2 is 0.954 bits per heavy atom. The van der Waals surface area contributed by atoms with Crippen LogP contribution in [0.2, 0.25) is 0 Å². The van der Waals surface area contributed by atoms with Gasteiger partial charge in [0.25, 0.3) is 0 Å². The average molecular weight is 870 g/mol. The van der Waals surface area contributed by atoms with Crippen molar-refractivity contribution in [2.24, 2.45) is 17.6 Å². The lowest BCUT2D eigenvalue weighted by molar-refractivity contribution is -0.138. The van der Waals surface area contributed by atoms with Crippen molar-refractivity contribution >= 4 is 39.7 Å². The van der Waals surface area contributed by atoms with Gasteiger partial charge in [-0.2, -0.15) is 0 Å². The summed E-state index contributed by atoms with van der Waals surface area (Å²) in [5, 5.41) is 10.9. The molecule has 0 saturated heterocycles. The fourth-order valence-electron chi connectivity index (χ4n) is 9.69. The quantitative estimate of drug-likeness (QED) is 0.0912. The maximum atomic E-state index is 11.1. The number of carboxylic acids is 1. The van der Waals surface area contributed by atoms with E-state index in [1.54, 1.807) is 6.33 Å². The Labute approximate surface area is 378 Å². The molecule has 65 heavy (non-hydrogen) atoms. The van der Waals surface area contributed by atoms with Crippen molar-refractivity contribution in [1.29, 1.82) is 0 Å². The predicted molar refractivity (Wildman–Crippen MR) is 256 cm³/mol. The third-order valence-corrected chi connectivity index (χ3v) is 13.0. The van der Waals surface area contributed by atoms with Gasteiger partial charge in [-0.15, -0.1) is 0 Å². The summed E-state index contributed by atoms with van der Waals surface area (Å²) in [6.45, 7) is 0.777. The van der Waals surface area contributed by atoms with Crippen LogP contribution in [0.3, 0.4) is 0 Å². The maximum absolute atomic E-state index is 11.1. The van der Waals surface area contributed by atoms with Crippen molar-refractivity contribution < 1.29 is 19.4 Å². The first-order chi connectivity index (χ1) is 31.8. The van der Waals surface area contributed by atoms with E-state index in [9.17, 15) is 4.79 Å². The van der Waals surface area contributed by atoms with Gasteiger partial charge in [0.1, 0.15) is 58.6 Å². The molecule has 332 valence electrons. The second kappa shape index (κ2) is 19.6. The number of carboxylic acid groups (broad SMARTS) is 1. The number of nitrogen functional groups attached to an aromatic ring is 2. The molecule has 13 nitrogen and oxygen atoms in total. The smallest absolute Gasteiger partial charge is 0.303 e. The van der Waals surface area contributed by atoms with Crippen LogP contribution in [0.4, 0.5) is 11.6 Å². The molecule has 4 aromatic heterocycles. The van der Waals surface area contributed by atoms with Gasteiger partial charge in [-0.25, -0.2) is 19.9 Å². The number of rotatable bonds is 12. The fourth-order valence-corrected chi connectivity index (χ4v) is 9.69. The Bertz CT molecular complexity index is 2830. The highest BCUT2D eigenvalue weighted by Gasteiger charge is 2.28. The molecule has 0 radical (unpaired) electrons. The molecule has 0 spiro atoms. The van der Waals surface area contributed by atoms with E-state index in [0.717, 1.165) is 125 Å². The molecule has 2 fully saturated rings. The van der Waals surface area contributed by atoms with Crippen LogP contribution in [0.25, 0.3) is 44.3 Å². The molecule has 8 aromatic rings. The minimum absolute atomic E-state index is 0.247. The van der Waals surface area contributed by atoms with Crippen molar-refractivity contribution in [2.75, 3.05) is 18.0 Å². The Morgan fingerprint density at radius 1 is 0.554 bits per heavy atom. The summed E-state index contributed by atoms with van der Waals surface area (Å²) < 4.78 is 16.4. The molecule has 2 aliphatic carbocycles. The molecule has 13 heteroatoms. The summed E-state index contributed by atoms with van der Waals surface area (Å²) in [5.74, 6) is 4.42. The number of para-hydroxylation sites is 2. The predicted octanol–water partition coefficient (Wildman–Crippen LogP) is 11.2. The zero-order valence-corrected chi connectivity index (χ0v) is 36.4. The molecule has 2 aliphatic rings. The van der Waals surface area contributed by atoms with Crippen LogP contribution in [0.5, 0.6) is 23.0 Å². The van der Waals surface area contributed by atoms with Gasteiger partial charge in [-0.05, 0) is 136 Å². The van der Waals surface area contributed by atoms with Crippen LogP contribution >= 0.6 is 0 Å². The highest BCUT2D eigenvalue weighted by molar-refractivity contribution is 6.01. The number of aromatic nitrogens is 6. The lowest BCUT2D eigenvalue weighted by Gasteiger charge is -2.29. The van der Waals surface area contributed by atoms with E-state index in [2.05, 4.69) is 53.6 Å². The molecule has 7 N–H and O–H groups in total. The number of hydrogen-bond acceptors (Lipinski definition) is 10. The van der Waals surface area contributed by atoms with Crippen molar-refractivity contribution in [3.05, 3.63) is 134 Å². The lowest BCUT2D eigenvalue weighted by atomic mass is 9.84. The summed E-state index contributed by atoms with van der Waals surface area (Å²) in [6.07, 6.45) is 17.1. The SMILES string of the molecule is NCCC1CCC(n2cc(-c3ccc(Oc4ccccc4)cc3)c3c(N)ncnc32)CC1.Nc1ncnc2c1c(-c1ccc(Oc3ccccc3)cc1)cn2C1CCC(CC(=O)O)CC1. The van der Waals surface area contributed by atoms with Crippen LogP contribution in [0.1, 0.15) is 76.3 Å². The van der Waals surface area contributed by atoms with Crippen LogP contribution in [0.15, 0.2) is 134 Å². The zero-order chi connectivity index (χ0) is 44.7. The van der Waals surface area contributed by atoms with Gasteiger partial charge >= 0.3 is 5.97 Å². The first-order valence-corrected chi connectivity index (χ1v) is 22.6. The standard InChI is InChI=1S/C26H29N5O.C26H26N4O3/c27-15-14-18-6-10-20(11-7-18)31-16-23(24-25(28)29-17-30-26(24)31)19-8-12-22(13-9-19)32-21-4-2-1-3-5-21;27-25-24-22(18-8-12-21(13-9-18)33-20-4-2-1-3-5-20)15-30(26(24)29-16-28-25)19-10-6-17(7-11-19)14-23(31)32/h1-5,8-9,12-13,16-18,20H,6-7,10-11,14-15,27H2,(H2,28,29,30);1-5,8-9,12-13,15-17,19H,6-7,10-11,14H2,(H,31,32)(H2,27,28,29). The summed E-state index contributed by atoms with van der Waals surface area (Å²) in [6, 6.07) is 36.2. The molecular formula is C52H55N9O4. The van der Waals surface area contributed by atoms with E-state index in [1.165, 1.54) is 19.2 Å². The number of nitrogens with two attached hydrogens (primary N) is 3. The number of aliphatic carboxylic acids is 1. The van der Waals surface area contributed by atoms with E-state index in [4.69, 9.17) is 31.8 Å². The van der Waals surface area contributed by atoms with Gasteiger partial charge in [-0.1, -0.05) is 60.7 Å². The van der Waals surface area contributed by atoms with Crippen LogP contribution in [0, 0.1) is 11.8 Å². The van der Waals surface area contributed by atoms with Gasteiger partial charge in [0, 0.05) is 42.0 Å². The van der Waals surface area contributed by atoms with E-state index < -0.39 is 5.97 Å². The summed E-state index contributed by atoms with van der Waals surface area (Å²) in [4.78, 5) is 28.8. The van der Waals surface area contributed by atoms with Crippen LogP contribution in [-0.2, 0) is 4.79 Å². The monoisotopic (exact) mass is 869 g/mol. The minimum atomic E-state index is -0.715. The number of carbonyl (C=O) groups is 1. The third kappa shape index (κ3) is 9.80. The first-order valence-electron chi connectivity index (χ1n) is 22.6. The minimum Gasteiger partial charge on any atom is -0.481 e. The average Bonchev–Trinajstić information content (AvgIpc) is 3.92. The number of anilines is 2. The molecule has 0 amide bonds. The van der Waals surface area contributed by atoms with Crippen LogP contribution < -0.4 is 26.7 Å². The fraction of sp³-hybridized carbons (Fsp3) is 0.288. The first kappa shape index (κ1) is 43.0. The Balaban J connectivity index is 0.000000164. The molecule has 0 atom stereocenters. The second-order valence-electron chi connectivity index (χ2n) is 17.2. The lowest BCUT2D eigenvalue weighted by Crippen LogP contribution is -2.20. The van der Waals surface area contributed by atoms with Gasteiger partial charge in [0.15, 0.2) is 0 Å².